The molecule has 1 N–H and O–H groups in total. The number of anilines is 1. The summed E-state index contributed by atoms with van der Waals surface area (Å²) >= 11 is 0. The molecule has 1 unspecified atom stereocenters. The van der Waals surface area contributed by atoms with Gasteiger partial charge in [-0.25, -0.2) is 0 Å². The second-order valence-electron chi connectivity index (χ2n) is 5.69. The lowest BCUT2D eigenvalue weighted by Gasteiger charge is -2.41. The number of hydrogen-bond donors (Lipinski definition) is 1. The maximum Gasteiger partial charge on any atom is 0.311 e. The van der Waals surface area contributed by atoms with Gasteiger partial charge in [0.25, 0.3) is 5.69 Å². The van der Waals surface area contributed by atoms with Crippen molar-refractivity contribution in [3.63, 3.8) is 0 Å². The topological polar surface area (TPSA) is 83.7 Å². The van der Waals surface area contributed by atoms with Crippen LogP contribution in [0, 0.1) is 22.5 Å². The first-order chi connectivity index (χ1) is 9.89. The maximum atomic E-state index is 11.6. The second-order valence-corrected chi connectivity index (χ2v) is 5.69. The standard InChI is InChI=1S/C15H20N2O4/c1-3-15(14(18)19)7-4-8-16(10-15)13-9-12(17(20)21)6-5-11(13)2/h5-6,9H,3-4,7-8,10H2,1-2H3,(H,18,19). The van der Waals surface area contributed by atoms with Crippen molar-refractivity contribution in [2.45, 2.75) is 33.1 Å². The van der Waals surface area contributed by atoms with Gasteiger partial charge in [0.05, 0.1) is 10.3 Å². The molecule has 1 aliphatic rings. The van der Waals surface area contributed by atoms with Crippen molar-refractivity contribution in [2.24, 2.45) is 5.41 Å². The average Bonchev–Trinajstić information content (AvgIpc) is 2.47. The average molecular weight is 292 g/mol. The Balaban J connectivity index is 2.35. The van der Waals surface area contributed by atoms with E-state index in [1.807, 2.05) is 18.7 Å². The third-order valence-electron chi connectivity index (χ3n) is 4.45. The summed E-state index contributed by atoms with van der Waals surface area (Å²) in [6.45, 7) is 4.91. The summed E-state index contributed by atoms with van der Waals surface area (Å²) in [5.74, 6) is -0.780. The Morgan fingerprint density at radius 3 is 2.81 bits per heavy atom. The van der Waals surface area contributed by atoms with Crippen molar-refractivity contribution in [1.29, 1.82) is 0 Å². The minimum absolute atomic E-state index is 0.0404. The first kappa shape index (κ1) is 15.3. The lowest BCUT2D eigenvalue weighted by molar-refractivity contribution is -0.384. The van der Waals surface area contributed by atoms with Crippen LogP contribution in [0.25, 0.3) is 0 Å². The Labute approximate surface area is 123 Å². The van der Waals surface area contributed by atoms with E-state index in [1.54, 1.807) is 12.1 Å². The van der Waals surface area contributed by atoms with E-state index in [2.05, 4.69) is 0 Å². The monoisotopic (exact) mass is 292 g/mol. The van der Waals surface area contributed by atoms with Gasteiger partial charge in [-0.1, -0.05) is 13.0 Å². The van der Waals surface area contributed by atoms with Crippen LogP contribution in [-0.4, -0.2) is 29.1 Å². The predicted octanol–water partition coefficient (Wildman–Crippen LogP) is 2.98. The summed E-state index contributed by atoms with van der Waals surface area (Å²) in [7, 11) is 0. The summed E-state index contributed by atoms with van der Waals surface area (Å²) in [5, 5.41) is 20.5. The quantitative estimate of drug-likeness (QED) is 0.681. The molecule has 114 valence electrons. The van der Waals surface area contributed by atoms with Crippen LogP contribution in [0.5, 0.6) is 0 Å². The van der Waals surface area contributed by atoms with Crippen LogP contribution in [0.15, 0.2) is 18.2 Å². The lowest BCUT2D eigenvalue weighted by Crippen LogP contribution is -2.47. The summed E-state index contributed by atoms with van der Waals surface area (Å²) in [6.07, 6.45) is 2.00. The van der Waals surface area contributed by atoms with E-state index >= 15 is 0 Å². The molecular formula is C15H20N2O4. The summed E-state index contributed by atoms with van der Waals surface area (Å²) in [6, 6.07) is 4.74. The molecule has 1 saturated heterocycles. The molecule has 1 aromatic rings. The van der Waals surface area contributed by atoms with Crippen LogP contribution in [-0.2, 0) is 4.79 Å². The van der Waals surface area contributed by atoms with Crippen molar-refractivity contribution >= 4 is 17.3 Å². The van der Waals surface area contributed by atoms with E-state index in [9.17, 15) is 20.0 Å². The Kier molecular flexibility index (Phi) is 4.16. The van der Waals surface area contributed by atoms with Crippen LogP contribution >= 0.6 is 0 Å². The number of nitro benzene ring substituents is 1. The van der Waals surface area contributed by atoms with Crippen molar-refractivity contribution in [2.75, 3.05) is 18.0 Å². The van der Waals surface area contributed by atoms with Gasteiger partial charge in [-0.2, -0.15) is 0 Å². The number of carbonyl (C=O) groups is 1. The van der Waals surface area contributed by atoms with E-state index in [0.717, 1.165) is 24.2 Å². The normalized spacial score (nSPS) is 22.1. The number of non-ortho nitro benzene ring substituents is 1. The zero-order chi connectivity index (χ0) is 15.6. The van der Waals surface area contributed by atoms with Crippen molar-refractivity contribution in [1.82, 2.24) is 0 Å². The first-order valence-electron chi connectivity index (χ1n) is 7.13. The molecule has 0 saturated carbocycles. The molecule has 0 bridgehead atoms. The van der Waals surface area contributed by atoms with Crippen LogP contribution < -0.4 is 4.90 Å². The Hall–Kier alpha value is -2.11. The highest BCUT2D eigenvalue weighted by Gasteiger charge is 2.41. The number of hydrogen-bond acceptors (Lipinski definition) is 4. The Morgan fingerprint density at radius 2 is 2.24 bits per heavy atom. The van der Waals surface area contributed by atoms with Crippen LogP contribution in [0.3, 0.4) is 0 Å². The number of rotatable bonds is 4. The molecule has 1 heterocycles. The van der Waals surface area contributed by atoms with Gasteiger partial charge in [-0.15, -0.1) is 0 Å². The third kappa shape index (κ3) is 2.84. The maximum absolute atomic E-state index is 11.6. The second kappa shape index (κ2) is 5.71. The highest BCUT2D eigenvalue weighted by atomic mass is 16.6. The number of nitrogens with zero attached hydrogens (tertiary/aromatic N) is 2. The van der Waals surface area contributed by atoms with Gasteiger partial charge >= 0.3 is 5.97 Å². The molecular weight excluding hydrogens is 272 g/mol. The molecule has 1 fully saturated rings. The Morgan fingerprint density at radius 1 is 1.52 bits per heavy atom. The van der Waals surface area contributed by atoms with Gasteiger partial charge in [0.1, 0.15) is 0 Å². The summed E-state index contributed by atoms with van der Waals surface area (Å²) in [5.41, 5.74) is 0.981. The number of benzene rings is 1. The molecule has 0 amide bonds. The zero-order valence-corrected chi connectivity index (χ0v) is 12.3. The lowest BCUT2D eigenvalue weighted by atomic mass is 9.77. The number of piperidine rings is 1. The van der Waals surface area contributed by atoms with Crippen LogP contribution in [0.1, 0.15) is 31.7 Å². The molecule has 1 aromatic carbocycles. The van der Waals surface area contributed by atoms with Gasteiger partial charge in [-0.05, 0) is 31.7 Å². The van der Waals surface area contributed by atoms with E-state index in [-0.39, 0.29) is 5.69 Å². The largest absolute Gasteiger partial charge is 0.481 e. The predicted molar refractivity (Wildman–Crippen MR) is 79.6 cm³/mol. The fourth-order valence-electron chi connectivity index (χ4n) is 3.00. The smallest absolute Gasteiger partial charge is 0.311 e. The highest BCUT2D eigenvalue weighted by Crippen LogP contribution is 2.37. The number of aliphatic carboxylic acids is 1. The number of aryl methyl sites for hydroxylation is 1. The van der Waals surface area contributed by atoms with Gasteiger partial charge in [0, 0.05) is 30.9 Å². The summed E-state index contributed by atoms with van der Waals surface area (Å²) < 4.78 is 0. The number of carboxylic acids is 1. The molecule has 6 nitrogen and oxygen atoms in total. The first-order valence-corrected chi connectivity index (χ1v) is 7.13. The molecule has 1 atom stereocenters. The molecule has 2 rings (SSSR count). The molecule has 0 spiro atoms. The van der Waals surface area contributed by atoms with Gasteiger partial charge in [-0.3, -0.25) is 14.9 Å². The van der Waals surface area contributed by atoms with Crippen LogP contribution in [0.2, 0.25) is 0 Å². The fraction of sp³-hybridized carbons (Fsp3) is 0.533. The van der Waals surface area contributed by atoms with E-state index in [0.29, 0.717) is 19.4 Å². The van der Waals surface area contributed by atoms with Gasteiger partial charge in [0.2, 0.25) is 0 Å². The van der Waals surface area contributed by atoms with Crippen molar-refractivity contribution in [3.05, 3.63) is 33.9 Å². The fourth-order valence-corrected chi connectivity index (χ4v) is 3.00. The van der Waals surface area contributed by atoms with Gasteiger partial charge < -0.3 is 10.0 Å². The molecule has 1 aliphatic heterocycles. The van der Waals surface area contributed by atoms with E-state index < -0.39 is 16.3 Å². The molecule has 21 heavy (non-hydrogen) atoms. The van der Waals surface area contributed by atoms with Gasteiger partial charge in [0.15, 0.2) is 0 Å². The van der Waals surface area contributed by atoms with Crippen molar-refractivity contribution in [3.8, 4) is 0 Å². The summed E-state index contributed by atoms with van der Waals surface area (Å²) in [4.78, 5) is 24.1. The Bertz CT molecular complexity index is 573. The van der Waals surface area contributed by atoms with E-state index in [1.165, 1.54) is 6.07 Å². The minimum atomic E-state index is -0.780. The molecule has 6 heteroatoms. The van der Waals surface area contributed by atoms with E-state index in [4.69, 9.17) is 0 Å². The minimum Gasteiger partial charge on any atom is -0.481 e. The SMILES string of the molecule is CCC1(C(=O)O)CCCN(c2cc([N+](=O)[O-])ccc2C)C1. The molecule has 0 radical (unpaired) electrons. The van der Waals surface area contributed by atoms with Crippen molar-refractivity contribution < 1.29 is 14.8 Å². The molecule has 0 aliphatic carbocycles. The zero-order valence-electron chi connectivity index (χ0n) is 12.3. The highest BCUT2D eigenvalue weighted by molar-refractivity contribution is 5.76. The third-order valence-corrected chi connectivity index (χ3v) is 4.45. The molecule has 0 aromatic heterocycles. The number of carboxylic acid groups (broad SMARTS) is 1. The van der Waals surface area contributed by atoms with Crippen LogP contribution in [0.4, 0.5) is 11.4 Å². The number of nitro groups is 1.